The maximum Gasteiger partial charge on any atom is 0.387 e. The first kappa shape index (κ1) is 22.2. The Hall–Kier alpha value is -2.09. The molecule has 1 aromatic carbocycles. The number of aliphatic hydroxyl groups is 1. The molecule has 28 heavy (non-hydrogen) atoms. The van der Waals surface area contributed by atoms with Crippen LogP contribution >= 0.6 is 0 Å². The van der Waals surface area contributed by atoms with Crippen LogP contribution in [0.3, 0.4) is 0 Å². The van der Waals surface area contributed by atoms with Crippen LogP contribution in [0.2, 0.25) is 0 Å². The van der Waals surface area contributed by atoms with Crippen molar-refractivity contribution in [2.75, 3.05) is 20.2 Å². The number of ether oxygens (including phenoxy) is 2. The number of hydrogen-bond donors (Lipinski definition) is 3. The number of nitrogens with one attached hydrogen (secondary N) is 2. The van der Waals surface area contributed by atoms with E-state index >= 15 is 0 Å². The zero-order valence-corrected chi connectivity index (χ0v) is 16.8. The third-order valence-electron chi connectivity index (χ3n) is 5.18. The largest absolute Gasteiger partial charge is 0.497 e. The minimum Gasteiger partial charge on any atom is -0.497 e. The fourth-order valence-corrected chi connectivity index (χ4v) is 3.40. The molecule has 6 nitrogen and oxygen atoms in total. The van der Waals surface area contributed by atoms with Gasteiger partial charge in [0.15, 0.2) is 5.96 Å². The van der Waals surface area contributed by atoms with E-state index in [-0.39, 0.29) is 23.8 Å². The predicted molar refractivity (Wildman–Crippen MR) is 105 cm³/mol. The van der Waals surface area contributed by atoms with E-state index in [1.807, 2.05) is 6.92 Å². The van der Waals surface area contributed by atoms with Crippen LogP contribution in [-0.4, -0.2) is 44.0 Å². The van der Waals surface area contributed by atoms with E-state index in [0.717, 1.165) is 25.7 Å². The van der Waals surface area contributed by atoms with Crippen molar-refractivity contribution in [1.29, 1.82) is 0 Å². The van der Waals surface area contributed by atoms with Gasteiger partial charge in [-0.15, -0.1) is 0 Å². The smallest absolute Gasteiger partial charge is 0.387 e. The predicted octanol–water partition coefficient (Wildman–Crippen LogP) is 3.29. The molecule has 1 saturated carbocycles. The second-order valence-corrected chi connectivity index (χ2v) is 7.32. The normalized spacial score (nSPS) is 22.8. The van der Waals surface area contributed by atoms with E-state index in [0.29, 0.717) is 30.4 Å². The summed E-state index contributed by atoms with van der Waals surface area (Å²) in [7, 11) is 1.51. The molecule has 1 aliphatic carbocycles. The van der Waals surface area contributed by atoms with E-state index < -0.39 is 6.61 Å². The number of alkyl halides is 2. The lowest BCUT2D eigenvalue weighted by Crippen LogP contribution is -2.48. The van der Waals surface area contributed by atoms with Crippen molar-refractivity contribution in [3.63, 3.8) is 0 Å². The topological polar surface area (TPSA) is 75.1 Å². The lowest BCUT2D eigenvalue weighted by Gasteiger charge is -2.38. The number of methoxy groups -OCH3 is 1. The highest BCUT2D eigenvalue weighted by Gasteiger charge is 2.35. The zero-order valence-electron chi connectivity index (χ0n) is 16.8. The van der Waals surface area contributed by atoms with Gasteiger partial charge in [0.1, 0.15) is 11.5 Å². The van der Waals surface area contributed by atoms with Crippen LogP contribution in [0.5, 0.6) is 11.5 Å². The number of aliphatic imine (C=N–C) groups is 1. The Balaban J connectivity index is 2.11. The van der Waals surface area contributed by atoms with Gasteiger partial charge in [0, 0.05) is 24.1 Å². The lowest BCUT2D eigenvalue weighted by molar-refractivity contribution is -0.0504. The molecule has 0 aromatic heterocycles. The van der Waals surface area contributed by atoms with Crippen molar-refractivity contribution in [2.45, 2.75) is 58.8 Å². The summed E-state index contributed by atoms with van der Waals surface area (Å²) in [6.07, 6.45) is 3.56. The first-order valence-corrected chi connectivity index (χ1v) is 9.70. The first-order valence-electron chi connectivity index (χ1n) is 9.70. The van der Waals surface area contributed by atoms with Crippen molar-refractivity contribution in [3.8, 4) is 11.5 Å². The number of benzene rings is 1. The van der Waals surface area contributed by atoms with E-state index in [1.165, 1.54) is 13.2 Å². The summed E-state index contributed by atoms with van der Waals surface area (Å²) in [4.78, 5) is 4.50. The summed E-state index contributed by atoms with van der Waals surface area (Å²) in [5.41, 5.74) is 0.287. The average molecular weight is 399 g/mol. The number of nitrogens with zero attached hydrogens (tertiary/aromatic N) is 1. The molecular formula is C20H31F2N3O3. The number of hydrogen-bond acceptors (Lipinski definition) is 4. The standard InChI is InChI=1S/C20H31F2N3O3/c1-4-23-19(25-13-20(2)10-6-5-7-17(20)26)24-12-14-11-15(27-3)8-9-16(14)28-18(21)22/h8-9,11,17-18,26H,4-7,10,12-13H2,1-3H3,(H2,23,24,25). The van der Waals surface area contributed by atoms with Crippen molar-refractivity contribution >= 4 is 5.96 Å². The first-order chi connectivity index (χ1) is 13.4. The fraction of sp³-hybridized carbons (Fsp3) is 0.650. The summed E-state index contributed by atoms with van der Waals surface area (Å²) < 4.78 is 35.1. The van der Waals surface area contributed by atoms with Gasteiger partial charge in [-0.2, -0.15) is 8.78 Å². The molecule has 0 aliphatic heterocycles. The number of aliphatic hydroxyl groups excluding tert-OH is 1. The highest BCUT2D eigenvalue weighted by Crippen LogP contribution is 2.35. The molecule has 0 radical (unpaired) electrons. The Morgan fingerprint density at radius 2 is 2.14 bits per heavy atom. The van der Waals surface area contributed by atoms with Crippen molar-refractivity contribution < 1.29 is 23.4 Å². The van der Waals surface area contributed by atoms with Crippen LogP contribution in [0.15, 0.2) is 23.2 Å². The molecule has 0 amide bonds. The van der Waals surface area contributed by atoms with E-state index in [9.17, 15) is 13.9 Å². The molecule has 0 spiro atoms. The molecular weight excluding hydrogens is 368 g/mol. The van der Waals surface area contributed by atoms with Crippen LogP contribution in [-0.2, 0) is 6.54 Å². The molecule has 2 atom stereocenters. The Labute approximate surface area is 165 Å². The van der Waals surface area contributed by atoms with Gasteiger partial charge >= 0.3 is 6.61 Å². The maximum absolute atomic E-state index is 12.7. The number of guanidine groups is 1. The second-order valence-electron chi connectivity index (χ2n) is 7.32. The van der Waals surface area contributed by atoms with Gasteiger partial charge in [-0.1, -0.05) is 19.8 Å². The maximum atomic E-state index is 12.7. The molecule has 2 unspecified atom stereocenters. The molecule has 0 heterocycles. The van der Waals surface area contributed by atoms with Gasteiger partial charge in [-0.05, 0) is 38.0 Å². The number of halogens is 2. The molecule has 3 N–H and O–H groups in total. The molecule has 8 heteroatoms. The fourth-order valence-electron chi connectivity index (χ4n) is 3.40. The highest BCUT2D eigenvalue weighted by atomic mass is 19.3. The van der Waals surface area contributed by atoms with Crippen molar-refractivity contribution in [2.24, 2.45) is 10.4 Å². The third-order valence-corrected chi connectivity index (χ3v) is 5.18. The highest BCUT2D eigenvalue weighted by molar-refractivity contribution is 5.79. The van der Waals surface area contributed by atoms with E-state index in [1.54, 1.807) is 12.1 Å². The van der Waals surface area contributed by atoms with Gasteiger partial charge in [-0.3, -0.25) is 0 Å². The van der Waals surface area contributed by atoms with Gasteiger partial charge in [0.05, 0.1) is 19.8 Å². The minimum absolute atomic E-state index is 0.0741. The summed E-state index contributed by atoms with van der Waals surface area (Å²) >= 11 is 0. The molecule has 1 aliphatic rings. The summed E-state index contributed by atoms with van der Waals surface area (Å²) in [6.45, 7) is 2.50. The van der Waals surface area contributed by atoms with Gasteiger partial charge in [-0.25, -0.2) is 4.99 Å². The summed E-state index contributed by atoms with van der Waals surface area (Å²) in [5.74, 6) is 1.18. The van der Waals surface area contributed by atoms with Crippen molar-refractivity contribution in [1.82, 2.24) is 10.6 Å². The second kappa shape index (κ2) is 10.5. The minimum atomic E-state index is -2.91. The number of rotatable bonds is 8. The molecule has 158 valence electrons. The quantitative estimate of drug-likeness (QED) is 0.462. The SMILES string of the molecule is CCNC(=NCc1cc(OC)ccc1OC(F)F)NCC1(C)CCCCC1O. The Kier molecular flexibility index (Phi) is 8.29. The van der Waals surface area contributed by atoms with Gasteiger partial charge < -0.3 is 25.2 Å². The van der Waals surface area contributed by atoms with Crippen LogP contribution in [0.4, 0.5) is 8.78 Å². The van der Waals surface area contributed by atoms with Gasteiger partial charge in [0.25, 0.3) is 0 Å². The van der Waals surface area contributed by atoms with E-state index in [4.69, 9.17) is 4.74 Å². The molecule has 2 rings (SSSR count). The molecule has 1 fully saturated rings. The monoisotopic (exact) mass is 399 g/mol. The zero-order chi connectivity index (χ0) is 20.6. The molecule has 0 saturated heterocycles. The Morgan fingerprint density at radius 1 is 1.36 bits per heavy atom. The third kappa shape index (κ3) is 6.22. The summed E-state index contributed by atoms with van der Waals surface area (Å²) in [6, 6.07) is 4.66. The lowest BCUT2D eigenvalue weighted by atomic mass is 9.73. The average Bonchev–Trinajstić information content (AvgIpc) is 2.67. The molecule has 1 aromatic rings. The summed E-state index contributed by atoms with van der Waals surface area (Å²) in [5, 5.41) is 16.8. The van der Waals surface area contributed by atoms with Crippen molar-refractivity contribution in [3.05, 3.63) is 23.8 Å². The van der Waals surface area contributed by atoms with Crippen LogP contribution < -0.4 is 20.1 Å². The van der Waals surface area contributed by atoms with E-state index in [2.05, 4.69) is 27.3 Å². The van der Waals surface area contributed by atoms with Crippen LogP contribution in [0.1, 0.15) is 45.1 Å². The molecule has 0 bridgehead atoms. The van der Waals surface area contributed by atoms with Gasteiger partial charge in [0.2, 0.25) is 0 Å². The Morgan fingerprint density at radius 3 is 2.79 bits per heavy atom. The Bertz CT molecular complexity index is 658. The van der Waals surface area contributed by atoms with Crippen LogP contribution in [0.25, 0.3) is 0 Å². The van der Waals surface area contributed by atoms with Crippen LogP contribution in [0, 0.1) is 5.41 Å².